The lowest BCUT2D eigenvalue weighted by atomic mass is 10.1. The lowest BCUT2D eigenvalue weighted by Crippen LogP contribution is -2.33. The van der Waals surface area contributed by atoms with E-state index in [4.69, 9.17) is 0 Å². The molecule has 1 N–H and O–H groups in total. The van der Waals surface area contributed by atoms with Gasteiger partial charge in [-0.15, -0.1) is 11.3 Å². The SMILES string of the molecule is CC(C)N1C[C@H](C(=O)Nc2nccs2)CC1=O. The molecule has 2 heterocycles. The number of hydrogen-bond acceptors (Lipinski definition) is 4. The van der Waals surface area contributed by atoms with E-state index in [-0.39, 0.29) is 23.8 Å². The maximum absolute atomic E-state index is 11.9. The highest BCUT2D eigenvalue weighted by Gasteiger charge is 2.35. The molecule has 1 atom stereocenters. The van der Waals surface area contributed by atoms with E-state index >= 15 is 0 Å². The van der Waals surface area contributed by atoms with E-state index in [1.54, 1.807) is 16.5 Å². The summed E-state index contributed by atoms with van der Waals surface area (Å²) >= 11 is 1.38. The van der Waals surface area contributed by atoms with Crippen molar-refractivity contribution >= 4 is 28.3 Å². The topological polar surface area (TPSA) is 62.3 Å². The van der Waals surface area contributed by atoms with Gasteiger partial charge >= 0.3 is 0 Å². The second-order valence-corrected chi connectivity index (χ2v) is 5.26. The first-order chi connectivity index (χ1) is 8.08. The number of aromatic nitrogens is 1. The zero-order valence-electron chi connectivity index (χ0n) is 9.84. The lowest BCUT2D eigenvalue weighted by Gasteiger charge is -2.20. The summed E-state index contributed by atoms with van der Waals surface area (Å²) in [6.07, 6.45) is 1.94. The fourth-order valence-electron chi connectivity index (χ4n) is 1.90. The molecule has 1 aliphatic heterocycles. The smallest absolute Gasteiger partial charge is 0.231 e. The van der Waals surface area contributed by atoms with Gasteiger partial charge in [-0.2, -0.15) is 0 Å². The van der Waals surface area contributed by atoms with Crippen LogP contribution in [0, 0.1) is 5.92 Å². The summed E-state index contributed by atoms with van der Waals surface area (Å²) in [5.41, 5.74) is 0. The Morgan fingerprint density at radius 2 is 2.41 bits per heavy atom. The highest BCUT2D eigenvalue weighted by atomic mass is 32.1. The van der Waals surface area contributed by atoms with Gasteiger partial charge in [0.15, 0.2) is 5.13 Å². The fourth-order valence-corrected chi connectivity index (χ4v) is 2.43. The van der Waals surface area contributed by atoms with E-state index in [1.165, 1.54) is 11.3 Å². The van der Waals surface area contributed by atoms with E-state index in [2.05, 4.69) is 10.3 Å². The Kier molecular flexibility index (Phi) is 3.42. The molecule has 0 spiro atoms. The molecule has 0 radical (unpaired) electrons. The first-order valence-corrected chi connectivity index (χ1v) is 6.45. The number of carbonyl (C=O) groups excluding carboxylic acids is 2. The summed E-state index contributed by atoms with van der Waals surface area (Å²) in [6.45, 7) is 4.42. The minimum absolute atomic E-state index is 0.0549. The van der Waals surface area contributed by atoms with Crippen LogP contribution in [0.15, 0.2) is 11.6 Å². The van der Waals surface area contributed by atoms with E-state index in [0.29, 0.717) is 18.1 Å². The van der Waals surface area contributed by atoms with Crippen LogP contribution in [-0.2, 0) is 9.59 Å². The highest BCUT2D eigenvalue weighted by molar-refractivity contribution is 7.13. The largest absolute Gasteiger partial charge is 0.339 e. The van der Waals surface area contributed by atoms with Crippen LogP contribution >= 0.6 is 11.3 Å². The standard InChI is InChI=1S/C11H15N3O2S/c1-7(2)14-6-8(5-9(14)15)10(16)13-11-12-3-4-17-11/h3-4,7-8H,5-6H2,1-2H3,(H,12,13,16)/t8-/m1/s1. The molecule has 0 bridgehead atoms. The molecule has 5 nitrogen and oxygen atoms in total. The Bertz CT molecular complexity index is 416. The van der Waals surface area contributed by atoms with Crippen LogP contribution in [-0.4, -0.2) is 34.3 Å². The van der Waals surface area contributed by atoms with E-state index < -0.39 is 0 Å². The van der Waals surface area contributed by atoms with E-state index in [1.807, 2.05) is 13.8 Å². The molecular weight excluding hydrogens is 238 g/mol. The Labute approximate surface area is 104 Å². The Hall–Kier alpha value is -1.43. The molecule has 1 aromatic rings. The highest BCUT2D eigenvalue weighted by Crippen LogP contribution is 2.22. The van der Waals surface area contributed by atoms with Crippen LogP contribution in [0.2, 0.25) is 0 Å². The third kappa shape index (κ3) is 2.63. The Morgan fingerprint density at radius 3 is 2.94 bits per heavy atom. The normalized spacial score (nSPS) is 20.1. The zero-order valence-corrected chi connectivity index (χ0v) is 10.7. The van der Waals surface area contributed by atoms with Crippen LogP contribution in [0.3, 0.4) is 0 Å². The maximum atomic E-state index is 11.9. The van der Waals surface area contributed by atoms with E-state index in [0.717, 1.165) is 0 Å². The lowest BCUT2D eigenvalue weighted by molar-refractivity contribution is -0.129. The third-order valence-corrected chi connectivity index (χ3v) is 3.50. The monoisotopic (exact) mass is 253 g/mol. The quantitative estimate of drug-likeness (QED) is 0.884. The van der Waals surface area contributed by atoms with Gasteiger partial charge in [-0.3, -0.25) is 9.59 Å². The minimum Gasteiger partial charge on any atom is -0.339 e. The summed E-state index contributed by atoms with van der Waals surface area (Å²) in [7, 11) is 0. The second-order valence-electron chi connectivity index (χ2n) is 4.37. The van der Waals surface area contributed by atoms with Gasteiger partial charge in [0.1, 0.15) is 0 Å². The number of anilines is 1. The average Bonchev–Trinajstić information content (AvgIpc) is 2.86. The Balaban J connectivity index is 1.96. The summed E-state index contributed by atoms with van der Waals surface area (Å²) in [5.74, 6) is -0.315. The van der Waals surface area contributed by atoms with Gasteiger partial charge in [-0.25, -0.2) is 4.98 Å². The average molecular weight is 253 g/mol. The van der Waals surface area contributed by atoms with Gasteiger partial charge < -0.3 is 10.2 Å². The number of rotatable bonds is 3. The summed E-state index contributed by atoms with van der Waals surface area (Å²) in [5, 5.41) is 5.12. The van der Waals surface area contributed by atoms with E-state index in [9.17, 15) is 9.59 Å². The van der Waals surface area contributed by atoms with Crippen LogP contribution in [0.25, 0.3) is 0 Å². The first-order valence-electron chi connectivity index (χ1n) is 5.57. The number of hydrogen-bond donors (Lipinski definition) is 1. The number of amides is 2. The number of likely N-dealkylation sites (tertiary alicyclic amines) is 1. The van der Waals surface area contributed by atoms with Crippen LogP contribution in [0.5, 0.6) is 0 Å². The van der Waals surface area contributed by atoms with Crippen molar-refractivity contribution in [2.45, 2.75) is 26.3 Å². The van der Waals surface area contributed by atoms with Crippen molar-refractivity contribution in [3.8, 4) is 0 Å². The van der Waals surface area contributed by atoms with Gasteiger partial charge in [0.25, 0.3) is 0 Å². The molecule has 92 valence electrons. The molecule has 0 saturated carbocycles. The molecule has 1 fully saturated rings. The zero-order chi connectivity index (χ0) is 12.4. The van der Waals surface area contributed by atoms with Gasteiger partial charge in [0, 0.05) is 30.6 Å². The van der Waals surface area contributed by atoms with Crippen LogP contribution < -0.4 is 5.32 Å². The number of nitrogens with zero attached hydrogens (tertiary/aromatic N) is 2. The summed E-state index contributed by atoms with van der Waals surface area (Å²) in [4.78, 5) is 29.3. The van der Waals surface area contributed by atoms with Crippen LogP contribution in [0.1, 0.15) is 20.3 Å². The van der Waals surface area contributed by atoms with Crippen molar-refractivity contribution < 1.29 is 9.59 Å². The number of thiazole rings is 1. The summed E-state index contributed by atoms with van der Waals surface area (Å²) in [6, 6.07) is 0.153. The third-order valence-electron chi connectivity index (χ3n) is 2.82. The molecule has 0 aliphatic carbocycles. The van der Waals surface area contributed by atoms with Crippen molar-refractivity contribution in [1.82, 2.24) is 9.88 Å². The molecule has 0 unspecified atom stereocenters. The van der Waals surface area contributed by atoms with Crippen molar-refractivity contribution in [2.75, 3.05) is 11.9 Å². The van der Waals surface area contributed by atoms with Gasteiger partial charge in [-0.05, 0) is 13.8 Å². The second kappa shape index (κ2) is 4.83. The van der Waals surface area contributed by atoms with Crippen molar-refractivity contribution in [2.24, 2.45) is 5.92 Å². The minimum atomic E-state index is -0.256. The molecule has 6 heteroatoms. The number of carbonyl (C=O) groups is 2. The molecule has 2 amide bonds. The summed E-state index contributed by atoms with van der Waals surface area (Å²) < 4.78 is 0. The maximum Gasteiger partial charge on any atom is 0.231 e. The van der Waals surface area contributed by atoms with Gasteiger partial charge in [0.2, 0.25) is 11.8 Å². The first kappa shape index (κ1) is 12.0. The molecule has 1 aliphatic rings. The predicted octanol–water partition coefficient (Wildman–Crippen LogP) is 1.34. The molecule has 1 saturated heterocycles. The number of nitrogens with one attached hydrogen (secondary N) is 1. The molecular formula is C11H15N3O2S. The van der Waals surface area contributed by atoms with Crippen LogP contribution in [0.4, 0.5) is 5.13 Å². The van der Waals surface area contributed by atoms with Crippen molar-refractivity contribution in [3.63, 3.8) is 0 Å². The molecule has 0 aromatic carbocycles. The molecule has 17 heavy (non-hydrogen) atoms. The van der Waals surface area contributed by atoms with Crippen molar-refractivity contribution in [1.29, 1.82) is 0 Å². The molecule has 1 aromatic heterocycles. The molecule has 2 rings (SSSR count). The van der Waals surface area contributed by atoms with Gasteiger partial charge in [0.05, 0.1) is 5.92 Å². The van der Waals surface area contributed by atoms with Gasteiger partial charge in [-0.1, -0.05) is 0 Å². The Morgan fingerprint density at radius 1 is 1.65 bits per heavy atom. The predicted molar refractivity (Wildman–Crippen MR) is 65.7 cm³/mol. The van der Waals surface area contributed by atoms with Crippen molar-refractivity contribution in [3.05, 3.63) is 11.6 Å². The fraction of sp³-hybridized carbons (Fsp3) is 0.545.